The van der Waals surface area contributed by atoms with Crippen LogP contribution in [0.2, 0.25) is 0 Å². The summed E-state index contributed by atoms with van der Waals surface area (Å²) in [6, 6.07) is 6.90. The summed E-state index contributed by atoms with van der Waals surface area (Å²) in [7, 11) is 0. The van der Waals surface area contributed by atoms with Crippen molar-refractivity contribution < 1.29 is 9.13 Å². The summed E-state index contributed by atoms with van der Waals surface area (Å²) in [6.45, 7) is 13.2. The van der Waals surface area contributed by atoms with E-state index in [2.05, 4.69) is 39.5 Å². The largest absolute Gasteiger partial charge is 0.487 e. The summed E-state index contributed by atoms with van der Waals surface area (Å²) >= 11 is 0. The lowest BCUT2D eigenvalue weighted by atomic mass is 9.80. The van der Waals surface area contributed by atoms with E-state index in [1.807, 2.05) is 12.1 Å². The maximum atomic E-state index is 13.2. The minimum Gasteiger partial charge on any atom is -0.487 e. The van der Waals surface area contributed by atoms with E-state index in [0.29, 0.717) is 5.92 Å². The van der Waals surface area contributed by atoms with Crippen molar-refractivity contribution >= 4 is 5.69 Å². The smallest absolute Gasteiger partial charge is 0.126 e. The van der Waals surface area contributed by atoms with Gasteiger partial charge in [-0.2, -0.15) is 0 Å². The topological polar surface area (TPSA) is 12.5 Å². The molecule has 0 radical (unpaired) electrons. The fraction of sp³-hybridized carbons (Fsp3) is 0.500. The quantitative estimate of drug-likeness (QED) is 0.660. The molecule has 0 N–H and O–H groups in total. The molecule has 27 heavy (non-hydrogen) atoms. The highest BCUT2D eigenvalue weighted by Crippen LogP contribution is 2.46. The molecule has 144 valence electrons. The molecule has 0 spiro atoms. The highest BCUT2D eigenvalue weighted by atomic mass is 19.1. The Morgan fingerprint density at radius 2 is 1.59 bits per heavy atom. The Labute approximate surface area is 162 Å². The Bertz CT molecular complexity index is 861. The maximum absolute atomic E-state index is 13.2. The molecule has 1 saturated heterocycles. The highest BCUT2D eigenvalue weighted by Gasteiger charge is 2.35. The summed E-state index contributed by atoms with van der Waals surface area (Å²) < 4.78 is 19.5. The average Bonchev–Trinajstić information content (AvgIpc) is 2.97. The van der Waals surface area contributed by atoms with Crippen molar-refractivity contribution in [1.29, 1.82) is 0 Å². The SMILES string of the molecule is Cc1c(C)c(C2CCN(c3ccc(F)cc3)CC2)c(C)c2c1OC(C)(C)C2. The molecule has 0 bridgehead atoms. The zero-order valence-corrected chi connectivity index (χ0v) is 17.2. The van der Waals surface area contributed by atoms with Gasteiger partial charge in [-0.15, -0.1) is 0 Å². The molecule has 0 atom stereocenters. The van der Waals surface area contributed by atoms with Gasteiger partial charge in [0.05, 0.1) is 0 Å². The van der Waals surface area contributed by atoms with Gasteiger partial charge in [0.25, 0.3) is 0 Å². The van der Waals surface area contributed by atoms with Crippen molar-refractivity contribution in [3.05, 3.63) is 57.9 Å². The number of hydrogen-bond acceptors (Lipinski definition) is 2. The van der Waals surface area contributed by atoms with E-state index in [1.54, 1.807) is 17.7 Å². The van der Waals surface area contributed by atoms with Crippen molar-refractivity contribution in [2.45, 2.75) is 65.4 Å². The van der Waals surface area contributed by atoms with Crippen LogP contribution in [-0.2, 0) is 6.42 Å². The molecule has 0 unspecified atom stereocenters. The second kappa shape index (κ2) is 6.54. The van der Waals surface area contributed by atoms with E-state index < -0.39 is 0 Å². The van der Waals surface area contributed by atoms with Crippen LogP contribution in [0.1, 0.15) is 60.4 Å². The van der Waals surface area contributed by atoms with E-state index in [-0.39, 0.29) is 11.4 Å². The normalized spacial score (nSPS) is 19.1. The van der Waals surface area contributed by atoms with Crippen LogP contribution in [0.5, 0.6) is 5.75 Å². The first kappa shape index (κ1) is 18.3. The first-order valence-corrected chi connectivity index (χ1v) is 10.1. The first-order valence-electron chi connectivity index (χ1n) is 10.1. The summed E-state index contributed by atoms with van der Waals surface area (Å²) in [4.78, 5) is 2.38. The van der Waals surface area contributed by atoms with Crippen LogP contribution in [0.25, 0.3) is 0 Å². The Kier molecular flexibility index (Phi) is 4.44. The number of ether oxygens (including phenoxy) is 1. The average molecular weight is 368 g/mol. The van der Waals surface area contributed by atoms with Gasteiger partial charge in [-0.25, -0.2) is 4.39 Å². The van der Waals surface area contributed by atoms with Gasteiger partial charge >= 0.3 is 0 Å². The Morgan fingerprint density at radius 3 is 2.22 bits per heavy atom. The molecule has 0 aliphatic carbocycles. The molecule has 2 aromatic carbocycles. The van der Waals surface area contributed by atoms with Gasteiger partial charge in [0.15, 0.2) is 0 Å². The summed E-state index contributed by atoms with van der Waals surface area (Å²) in [5, 5.41) is 0. The summed E-state index contributed by atoms with van der Waals surface area (Å²) in [6.07, 6.45) is 3.28. The molecule has 2 aliphatic heterocycles. The molecule has 2 aliphatic rings. The molecule has 0 amide bonds. The lowest BCUT2D eigenvalue weighted by molar-refractivity contribution is 0.137. The van der Waals surface area contributed by atoms with Crippen LogP contribution < -0.4 is 9.64 Å². The van der Waals surface area contributed by atoms with Gasteiger partial charge in [0, 0.05) is 30.8 Å². The van der Waals surface area contributed by atoms with Crippen LogP contribution in [0.4, 0.5) is 10.1 Å². The number of nitrogens with zero attached hydrogens (tertiary/aromatic N) is 1. The molecule has 3 heteroatoms. The number of piperidine rings is 1. The minimum absolute atomic E-state index is 0.102. The van der Waals surface area contributed by atoms with Crippen LogP contribution in [-0.4, -0.2) is 18.7 Å². The molecule has 2 aromatic rings. The zero-order valence-electron chi connectivity index (χ0n) is 17.2. The Hall–Kier alpha value is -2.03. The van der Waals surface area contributed by atoms with Crippen molar-refractivity contribution in [3.8, 4) is 5.75 Å². The fourth-order valence-corrected chi connectivity index (χ4v) is 4.99. The van der Waals surface area contributed by atoms with Gasteiger partial charge in [-0.05, 0) is 99.9 Å². The third-order valence-electron chi connectivity index (χ3n) is 6.51. The van der Waals surface area contributed by atoms with Gasteiger partial charge < -0.3 is 9.64 Å². The summed E-state index contributed by atoms with van der Waals surface area (Å²) in [5.41, 5.74) is 8.16. The van der Waals surface area contributed by atoms with Crippen molar-refractivity contribution in [3.63, 3.8) is 0 Å². The molecule has 0 saturated carbocycles. The van der Waals surface area contributed by atoms with E-state index in [4.69, 9.17) is 4.74 Å². The molecular weight excluding hydrogens is 337 g/mol. The van der Waals surface area contributed by atoms with Crippen LogP contribution in [0, 0.1) is 26.6 Å². The van der Waals surface area contributed by atoms with Gasteiger partial charge in [0.1, 0.15) is 17.2 Å². The van der Waals surface area contributed by atoms with Gasteiger partial charge in [-0.1, -0.05) is 0 Å². The molecule has 4 rings (SSSR count). The lowest BCUT2D eigenvalue weighted by Gasteiger charge is -2.35. The number of rotatable bonds is 2. The van der Waals surface area contributed by atoms with Crippen LogP contribution in [0.15, 0.2) is 24.3 Å². The second-order valence-corrected chi connectivity index (χ2v) is 8.87. The zero-order chi connectivity index (χ0) is 19.3. The maximum Gasteiger partial charge on any atom is 0.126 e. The highest BCUT2D eigenvalue weighted by molar-refractivity contribution is 5.58. The van der Waals surface area contributed by atoms with Gasteiger partial charge in [-0.3, -0.25) is 0 Å². The Balaban J connectivity index is 1.59. The molecular formula is C24H30FNO. The molecule has 1 fully saturated rings. The number of benzene rings is 2. The number of hydrogen-bond donors (Lipinski definition) is 0. The number of anilines is 1. The first-order chi connectivity index (χ1) is 12.8. The minimum atomic E-state index is -0.168. The standard InChI is InChI=1S/C24H30FNO/c1-15-16(2)23-21(14-24(4,5)27-23)17(3)22(15)18-10-12-26(13-11-18)20-8-6-19(25)7-9-20/h6-9,18H,10-14H2,1-5H3. The fourth-order valence-electron chi connectivity index (χ4n) is 4.99. The molecule has 2 nitrogen and oxygen atoms in total. The van der Waals surface area contributed by atoms with Crippen molar-refractivity contribution in [1.82, 2.24) is 0 Å². The molecule has 2 heterocycles. The van der Waals surface area contributed by atoms with E-state index >= 15 is 0 Å². The predicted octanol–water partition coefficient (Wildman–Crippen LogP) is 5.85. The number of halogens is 1. The third-order valence-corrected chi connectivity index (χ3v) is 6.51. The predicted molar refractivity (Wildman–Crippen MR) is 110 cm³/mol. The third kappa shape index (κ3) is 3.22. The summed E-state index contributed by atoms with van der Waals surface area (Å²) in [5.74, 6) is 1.55. The van der Waals surface area contributed by atoms with Crippen molar-refractivity contribution in [2.75, 3.05) is 18.0 Å². The lowest BCUT2D eigenvalue weighted by Crippen LogP contribution is -2.33. The second-order valence-electron chi connectivity index (χ2n) is 8.87. The van der Waals surface area contributed by atoms with Gasteiger partial charge in [0.2, 0.25) is 0 Å². The van der Waals surface area contributed by atoms with Crippen LogP contribution >= 0.6 is 0 Å². The van der Waals surface area contributed by atoms with E-state index in [0.717, 1.165) is 43.8 Å². The van der Waals surface area contributed by atoms with Crippen LogP contribution in [0.3, 0.4) is 0 Å². The van der Waals surface area contributed by atoms with E-state index in [9.17, 15) is 4.39 Å². The number of fused-ring (bicyclic) bond motifs is 1. The van der Waals surface area contributed by atoms with Crippen molar-refractivity contribution in [2.24, 2.45) is 0 Å². The Morgan fingerprint density at radius 1 is 0.963 bits per heavy atom. The van der Waals surface area contributed by atoms with E-state index in [1.165, 1.54) is 22.3 Å². The molecule has 0 aromatic heterocycles. The monoisotopic (exact) mass is 367 g/mol.